The van der Waals surface area contributed by atoms with Crippen LogP contribution in [0.25, 0.3) is 0 Å². The van der Waals surface area contributed by atoms with Gasteiger partial charge in [-0.05, 0) is 0 Å². The molecule has 0 saturated heterocycles. The third-order valence-electron chi connectivity index (χ3n) is 0.111. The van der Waals surface area contributed by atoms with E-state index < -0.39 is 31.0 Å². The predicted octanol–water partition coefficient (Wildman–Crippen LogP) is -3.54. The minimum absolute atomic E-state index is 0. The Balaban J connectivity index is -0.0000000133. The van der Waals surface area contributed by atoms with Crippen LogP contribution in [0.15, 0.2) is 0 Å². The van der Waals surface area contributed by atoms with Gasteiger partial charge in [0.05, 0.1) is 0 Å². The maximum Gasteiger partial charge on any atom is 0 e. The summed E-state index contributed by atoms with van der Waals surface area (Å²) in [4.78, 5) is 0. The maximum absolute atomic E-state index is 9.21. The van der Waals surface area contributed by atoms with E-state index in [1.807, 2.05) is 0 Å². The molecule has 0 aliphatic heterocycles. The first-order valence-electron chi connectivity index (χ1n) is 0.943. The first kappa shape index (κ1) is 32.5. The summed E-state index contributed by atoms with van der Waals surface area (Å²) < 4.78 is 22.3. The SMILES string of the molecule is O.O.O.[O]=[Al][O][Al]=[O].[Ru]. The van der Waals surface area contributed by atoms with Crippen molar-refractivity contribution in [2.75, 3.05) is 0 Å². The van der Waals surface area contributed by atoms with Crippen molar-refractivity contribution in [3.63, 3.8) is 0 Å². The van der Waals surface area contributed by atoms with Gasteiger partial charge in [0.25, 0.3) is 0 Å². The molecule has 0 aromatic heterocycles. The summed E-state index contributed by atoms with van der Waals surface area (Å²) in [6, 6.07) is 0. The van der Waals surface area contributed by atoms with Crippen LogP contribution in [0.4, 0.5) is 0 Å². The van der Waals surface area contributed by atoms with E-state index in [0.29, 0.717) is 0 Å². The van der Waals surface area contributed by atoms with Crippen LogP contribution in [0.5, 0.6) is 0 Å². The Labute approximate surface area is 77.2 Å². The van der Waals surface area contributed by atoms with E-state index in [0.717, 1.165) is 0 Å². The second-order valence-electron chi connectivity index (χ2n) is 0.329. The Hall–Kier alpha value is 0.968. The van der Waals surface area contributed by atoms with Gasteiger partial charge in [-0.15, -0.1) is 0 Å². The molecule has 0 spiro atoms. The molecule has 0 atom stereocenters. The fourth-order valence-corrected chi connectivity index (χ4v) is 0.204. The summed E-state index contributed by atoms with van der Waals surface area (Å²) in [5, 5.41) is 0. The fourth-order valence-electron chi connectivity index (χ4n) is 0.0227. The van der Waals surface area contributed by atoms with Crippen molar-refractivity contribution in [3.05, 3.63) is 0 Å². The van der Waals surface area contributed by atoms with E-state index in [-0.39, 0.29) is 35.9 Å². The topological polar surface area (TPSA) is 138 Å². The van der Waals surface area contributed by atoms with Crippen molar-refractivity contribution in [1.82, 2.24) is 0 Å². The molecule has 6 N–H and O–H groups in total. The van der Waals surface area contributed by atoms with Gasteiger partial charge in [-0.25, -0.2) is 0 Å². The molecule has 0 bridgehead atoms. The van der Waals surface area contributed by atoms with Crippen LogP contribution in [0.1, 0.15) is 0 Å². The third-order valence-corrected chi connectivity index (χ3v) is 1.00. The van der Waals surface area contributed by atoms with Crippen LogP contribution < -0.4 is 0 Å². The Kier molecular flexibility index (Phi) is 131. The molecule has 0 fully saturated rings. The van der Waals surface area contributed by atoms with E-state index in [1.165, 1.54) is 0 Å². The number of hydrogen-bond acceptors (Lipinski definition) is 3. The van der Waals surface area contributed by atoms with Gasteiger partial charge >= 0.3 is 41.4 Å². The molecule has 0 amide bonds. The molecule has 0 aromatic carbocycles. The largest absolute Gasteiger partial charge is 0 e. The van der Waals surface area contributed by atoms with E-state index in [9.17, 15) is 7.61 Å². The van der Waals surface area contributed by atoms with Crippen LogP contribution in [0, 0.1) is 0 Å². The van der Waals surface area contributed by atoms with Crippen molar-refractivity contribution in [3.8, 4) is 0 Å². The van der Waals surface area contributed by atoms with Gasteiger partial charge in [0.15, 0.2) is 0 Å². The van der Waals surface area contributed by atoms with Crippen molar-refractivity contribution in [2.45, 2.75) is 0 Å². The Bertz CT molecular complexity index is 40.3. The van der Waals surface area contributed by atoms with Gasteiger partial charge in [0.2, 0.25) is 0 Å². The molecule has 0 saturated carbocycles. The summed E-state index contributed by atoms with van der Waals surface area (Å²) in [5.41, 5.74) is 0. The molecule has 0 rings (SSSR count). The Morgan fingerprint density at radius 3 is 1.11 bits per heavy atom. The average Bonchev–Trinajstić information content (AvgIpc) is 1.41. The molecule has 6 nitrogen and oxygen atoms in total. The first-order valence-corrected chi connectivity index (χ1v) is 2.83. The van der Waals surface area contributed by atoms with Crippen molar-refractivity contribution in [2.24, 2.45) is 0 Å². The average molecular weight is 257 g/mol. The van der Waals surface area contributed by atoms with Crippen molar-refractivity contribution < 1.29 is 46.4 Å². The minimum atomic E-state index is -1.24. The second kappa shape index (κ2) is 36.2. The molecular formula is H6Al2O6Ru. The zero-order chi connectivity index (χ0) is 4.12. The molecule has 0 aromatic rings. The summed E-state index contributed by atoms with van der Waals surface area (Å²) in [5.74, 6) is 0. The summed E-state index contributed by atoms with van der Waals surface area (Å²) in [6.07, 6.45) is 0. The number of rotatable bonds is 2. The number of hydrogen-bond donors (Lipinski definition) is 0. The van der Waals surface area contributed by atoms with Crippen molar-refractivity contribution in [1.29, 1.82) is 0 Å². The summed E-state index contributed by atoms with van der Waals surface area (Å²) >= 11 is -2.48. The fraction of sp³-hybridized carbons (Fsp3) is 0. The van der Waals surface area contributed by atoms with E-state index >= 15 is 0 Å². The molecule has 0 unspecified atom stereocenters. The third kappa shape index (κ3) is 49.4. The van der Waals surface area contributed by atoms with Gasteiger partial charge in [-0.2, -0.15) is 0 Å². The molecule has 0 aliphatic rings. The molecule has 9 heteroatoms. The molecule has 0 radical (unpaired) electrons. The first-order chi connectivity index (χ1) is 2.41. The standard InChI is InChI=1S/2Al.3H2O.3O.Ru/h;;3*1H2;;;;. The van der Waals surface area contributed by atoms with Crippen LogP contribution >= 0.6 is 0 Å². The molecule has 0 heterocycles. The van der Waals surface area contributed by atoms with Gasteiger partial charge < -0.3 is 16.4 Å². The monoisotopic (exact) mass is 258 g/mol. The van der Waals surface area contributed by atoms with Crippen LogP contribution in [-0.4, -0.2) is 47.4 Å². The van der Waals surface area contributed by atoms with Crippen molar-refractivity contribution >= 4 is 31.0 Å². The molecule has 56 valence electrons. The van der Waals surface area contributed by atoms with Crippen LogP contribution in [0.2, 0.25) is 0 Å². The summed E-state index contributed by atoms with van der Waals surface area (Å²) in [7, 11) is 0. The quantitative estimate of drug-likeness (QED) is 0.473. The van der Waals surface area contributed by atoms with Crippen LogP contribution in [-0.2, 0) is 29.9 Å². The zero-order valence-corrected chi connectivity index (χ0v) is 8.28. The smallest absolute Gasteiger partial charge is 0 e. The summed E-state index contributed by atoms with van der Waals surface area (Å²) in [6.45, 7) is 0. The van der Waals surface area contributed by atoms with E-state index in [2.05, 4.69) is 2.84 Å². The minimum Gasteiger partial charge on any atom is 0 e. The van der Waals surface area contributed by atoms with Gasteiger partial charge in [-0.1, -0.05) is 0 Å². The second-order valence-corrected chi connectivity index (χ2v) is 1.80. The van der Waals surface area contributed by atoms with Gasteiger partial charge in [0, 0.05) is 19.5 Å². The normalized spacial score (nSPS) is 2.22. The Morgan fingerprint density at radius 1 is 0.889 bits per heavy atom. The molecular weight excluding hydrogens is 251 g/mol. The maximum atomic E-state index is 9.21. The molecule has 0 aliphatic carbocycles. The molecule has 9 heavy (non-hydrogen) atoms. The predicted molar refractivity (Wildman–Crippen MR) is 24.8 cm³/mol. The van der Waals surface area contributed by atoms with Gasteiger partial charge in [-0.3, -0.25) is 0 Å². The van der Waals surface area contributed by atoms with Gasteiger partial charge in [0.1, 0.15) is 0 Å². The van der Waals surface area contributed by atoms with E-state index in [4.69, 9.17) is 0 Å². The Morgan fingerprint density at radius 2 is 1.11 bits per heavy atom. The van der Waals surface area contributed by atoms with Crippen LogP contribution in [0.3, 0.4) is 0 Å². The van der Waals surface area contributed by atoms with E-state index in [1.54, 1.807) is 0 Å². The zero-order valence-electron chi connectivity index (χ0n) is 4.23.